The SMILES string of the molecule is C1=CC=C(C2(c3ccccc3)CCNCC2)CC=C1. The van der Waals surface area contributed by atoms with Gasteiger partial charge in [-0.2, -0.15) is 0 Å². The summed E-state index contributed by atoms with van der Waals surface area (Å²) in [6.45, 7) is 2.22. The Morgan fingerprint density at radius 3 is 2.47 bits per heavy atom. The molecule has 3 rings (SSSR count). The maximum absolute atomic E-state index is 3.50. The lowest BCUT2D eigenvalue weighted by Gasteiger charge is -2.40. The first kappa shape index (κ1) is 12.4. The van der Waals surface area contributed by atoms with E-state index in [-0.39, 0.29) is 5.41 Å². The Kier molecular flexibility index (Phi) is 3.65. The molecule has 98 valence electrons. The molecule has 1 heteroatoms. The van der Waals surface area contributed by atoms with Gasteiger partial charge in [-0.25, -0.2) is 0 Å². The van der Waals surface area contributed by atoms with E-state index in [1.165, 1.54) is 18.4 Å². The quantitative estimate of drug-likeness (QED) is 0.844. The van der Waals surface area contributed by atoms with E-state index in [1.54, 1.807) is 5.57 Å². The number of nitrogens with one attached hydrogen (secondary N) is 1. The van der Waals surface area contributed by atoms with Crippen molar-refractivity contribution in [1.82, 2.24) is 5.32 Å². The number of piperidine rings is 1. The van der Waals surface area contributed by atoms with Crippen LogP contribution in [0, 0.1) is 0 Å². The molecule has 0 amide bonds. The van der Waals surface area contributed by atoms with E-state index in [9.17, 15) is 0 Å². The zero-order valence-corrected chi connectivity index (χ0v) is 11.3. The van der Waals surface area contributed by atoms with Gasteiger partial charge in [-0.3, -0.25) is 0 Å². The highest BCUT2D eigenvalue weighted by atomic mass is 14.9. The molecule has 1 nitrogen and oxygen atoms in total. The molecule has 1 fully saturated rings. The largest absolute Gasteiger partial charge is 0.317 e. The molecule has 1 N–H and O–H groups in total. The van der Waals surface area contributed by atoms with Crippen molar-refractivity contribution in [1.29, 1.82) is 0 Å². The van der Waals surface area contributed by atoms with Gasteiger partial charge in [0, 0.05) is 5.41 Å². The maximum Gasteiger partial charge on any atom is 0.0192 e. The van der Waals surface area contributed by atoms with Crippen molar-refractivity contribution >= 4 is 0 Å². The van der Waals surface area contributed by atoms with Crippen LogP contribution in [0.2, 0.25) is 0 Å². The normalized spacial score (nSPS) is 21.8. The zero-order valence-electron chi connectivity index (χ0n) is 11.3. The van der Waals surface area contributed by atoms with Gasteiger partial charge in [-0.05, 0) is 37.9 Å². The third-order valence-corrected chi connectivity index (χ3v) is 4.39. The second kappa shape index (κ2) is 5.58. The number of allylic oxidation sites excluding steroid dienone is 6. The van der Waals surface area contributed by atoms with Crippen LogP contribution in [-0.4, -0.2) is 13.1 Å². The second-order valence-corrected chi connectivity index (χ2v) is 5.41. The van der Waals surface area contributed by atoms with Gasteiger partial charge in [0.1, 0.15) is 0 Å². The Hall–Kier alpha value is -1.60. The summed E-state index contributed by atoms with van der Waals surface area (Å²) < 4.78 is 0. The Morgan fingerprint density at radius 2 is 1.68 bits per heavy atom. The minimum atomic E-state index is 0.228. The Bertz CT molecular complexity index is 502. The first-order valence-corrected chi connectivity index (χ1v) is 7.21. The third-order valence-electron chi connectivity index (χ3n) is 4.39. The lowest BCUT2D eigenvalue weighted by Crippen LogP contribution is -2.41. The Morgan fingerprint density at radius 1 is 0.895 bits per heavy atom. The van der Waals surface area contributed by atoms with Crippen molar-refractivity contribution in [2.45, 2.75) is 24.7 Å². The minimum Gasteiger partial charge on any atom is -0.317 e. The highest BCUT2D eigenvalue weighted by molar-refractivity contribution is 5.41. The van der Waals surface area contributed by atoms with Gasteiger partial charge in [0.25, 0.3) is 0 Å². The Labute approximate surface area is 115 Å². The molecule has 1 saturated heterocycles. The van der Waals surface area contributed by atoms with Gasteiger partial charge < -0.3 is 5.32 Å². The predicted octanol–water partition coefficient (Wildman–Crippen LogP) is 3.75. The molecule has 1 aromatic rings. The van der Waals surface area contributed by atoms with Crippen LogP contribution in [0.4, 0.5) is 0 Å². The minimum absolute atomic E-state index is 0.228. The van der Waals surface area contributed by atoms with Gasteiger partial charge >= 0.3 is 0 Å². The molecule has 0 unspecified atom stereocenters. The van der Waals surface area contributed by atoms with Crippen molar-refractivity contribution in [3.05, 3.63) is 71.8 Å². The second-order valence-electron chi connectivity index (χ2n) is 5.41. The fourth-order valence-electron chi connectivity index (χ4n) is 3.34. The first-order chi connectivity index (χ1) is 9.42. The zero-order chi connectivity index (χ0) is 13.0. The van der Waals surface area contributed by atoms with Crippen molar-refractivity contribution in [2.24, 2.45) is 0 Å². The summed E-state index contributed by atoms with van der Waals surface area (Å²) in [6.07, 6.45) is 14.6. The summed E-state index contributed by atoms with van der Waals surface area (Å²) in [7, 11) is 0. The van der Waals surface area contributed by atoms with Crippen LogP contribution in [0.1, 0.15) is 24.8 Å². The molecule has 0 atom stereocenters. The van der Waals surface area contributed by atoms with E-state index in [4.69, 9.17) is 0 Å². The van der Waals surface area contributed by atoms with Crippen molar-refractivity contribution in [3.8, 4) is 0 Å². The average molecular weight is 251 g/mol. The van der Waals surface area contributed by atoms with Gasteiger partial charge in [-0.1, -0.05) is 66.3 Å². The van der Waals surface area contributed by atoms with Crippen LogP contribution < -0.4 is 5.32 Å². The molecule has 2 aliphatic rings. The highest BCUT2D eigenvalue weighted by Crippen LogP contribution is 2.42. The smallest absolute Gasteiger partial charge is 0.0192 e. The molecule has 0 aromatic heterocycles. The molecule has 0 bridgehead atoms. The highest BCUT2D eigenvalue weighted by Gasteiger charge is 2.36. The molecule has 1 aliphatic carbocycles. The number of benzene rings is 1. The predicted molar refractivity (Wildman–Crippen MR) is 81.2 cm³/mol. The summed E-state index contributed by atoms with van der Waals surface area (Å²) >= 11 is 0. The number of hydrogen-bond acceptors (Lipinski definition) is 1. The van der Waals surface area contributed by atoms with Crippen LogP contribution in [0.5, 0.6) is 0 Å². The lowest BCUT2D eigenvalue weighted by atomic mass is 9.67. The standard InChI is InChI=1S/C18H21N/c1-2-5-9-16(8-4-1)18(12-14-19-15-13-18)17-10-6-3-7-11-17/h1-8,10-11,19H,9,12-15H2. The molecule has 0 spiro atoms. The molecule has 0 radical (unpaired) electrons. The fraction of sp³-hybridized carbons (Fsp3) is 0.333. The van der Waals surface area contributed by atoms with Crippen LogP contribution in [0.3, 0.4) is 0 Å². The van der Waals surface area contributed by atoms with E-state index >= 15 is 0 Å². The van der Waals surface area contributed by atoms with E-state index in [1.807, 2.05) is 0 Å². The topological polar surface area (TPSA) is 12.0 Å². The van der Waals surface area contributed by atoms with E-state index < -0.39 is 0 Å². The lowest BCUT2D eigenvalue weighted by molar-refractivity contribution is 0.351. The summed E-state index contributed by atoms with van der Waals surface area (Å²) in [4.78, 5) is 0. The third kappa shape index (κ3) is 2.43. The van der Waals surface area contributed by atoms with Crippen LogP contribution in [0.15, 0.2) is 66.3 Å². The van der Waals surface area contributed by atoms with Gasteiger partial charge in [-0.15, -0.1) is 0 Å². The first-order valence-electron chi connectivity index (χ1n) is 7.21. The van der Waals surface area contributed by atoms with Crippen LogP contribution in [0.25, 0.3) is 0 Å². The summed E-state index contributed by atoms with van der Waals surface area (Å²) in [5.74, 6) is 0. The van der Waals surface area contributed by atoms with E-state index in [0.717, 1.165) is 19.5 Å². The summed E-state index contributed by atoms with van der Waals surface area (Å²) in [6, 6.07) is 11.0. The van der Waals surface area contributed by atoms with E-state index in [0.29, 0.717) is 0 Å². The van der Waals surface area contributed by atoms with Crippen molar-refractivity contribution in [2.75, 3.05) is 13.1 Å². The Balaban J connectivity index is 2.04. The monoisotopic (exact) mass is 251 g/mol. The number of rotatable bonds is 2. The van der Waals surface area contributed by atoms with Gasteiger partial charge in [0.05, 0.1) is 0 Å². The molecule has 1 aromatic carbocycles. The van der Waals surface area contributed by atoms with Crippen molar-refractivity contribution < 1.29 is 0 Å². The molecular formula is C18H21N. The molecular weight excluding hydrogens is 230 g/mol. The average Bonchev–Trinajstić information content (AvgIpc) is 2.78. The van der Waals surface area contributed by atoms with Crippen LogP contribution in [-0.2, 0) is 5.41 Å². The van der Waals surface area contributed by atoms with Crippen molar-refractivity contribution in [3.63, 3.8) is 0 Å². The summed E-state index contributed by atoms with van der Waals surface area (Å²) in [5, 5.41) is 3.50. The molecule has 19 heavy (non-hydrogen) atoms. The summed E-state index contributed by atoms with van der Waals surface area (Å²) in [5.41, 5.74) is 3.27. The molecule has 1 aliphatic heterocycles. The molecule has 1 heterocycles. The number of hydrogen-bond donors (Lipinski definition) is 1. The van der Waals surface area contributed by atoms with Gasteiger partial charge in [0.2, 0.25) is 0 Å². The molecule has 0 saturated carbocycles. The maximum atomic E-state index is 3.50. The van der Waals surface area contributed by atoms with E-state index in [2.05, 4.69) is 66.0 Å². The fourth-order valence-corrected chi connectivity index (χ4v) is 3.34. The van der Waals surface area contributed by atoms with Gasteiger partial charge in [0.15, 0.2) is 0 Å². The van der Waals surface area contributed by atoms with Crippen LogP contribution >= 0.6 is 0 Å².